The summed E-state index contributed by atoms with van der Waals surface area (Å²) in [5, 5.41) is 0. The van der Waals surface area contributed by atoms with E-state index in [1.807, 2.05) is 0 Å². The lowest BCUT2D eigenvalue weighted by atomic mass is 10.0. The maximum absolute atomic E-state index is 10.6. The Kier molecular flexibility index (Phi) is 17.7. The molecular weight excluding hydrogens is 354 g/mol. The highest BCUT2D eigenvalue weighted by molar-refractivity contribution is 5.73. The van der Waals surface area contributed by atoms with Crippen molar-refractivity contribution in [2.24, 2.45) is 5.73 Å². The van der Waals surface area contributed by atoms with E-state index in [1.165, 1.54) is 115 Å². The van der Waals surface area contributed by atoms with Gasteiger partial charge in [-0.1, -0.05) is 133 Å². The molecule has 0 heterocycles. The van der Waals surface area contributed by atoms with Gasteiger partial charge < -0.3 is 5.73 Å². The van der Waals surface area contributed by atoms with Gasteiger partial charge in [0.15, 0.2) is 0 Å². The van der Waals surface area contributed by atoms with Crippen molar-refractivity contribution < 1.29 is 4.79 Å². The Hall–Kier alpha value is -1.31. The zero-order chi connectivity index (χ0) is 20.8. The second kappa shape index (κ2) is 20.0. The molecular formula is C27H47NO. The third-order valence-electron chi connectivity index (χ3n) is 5.98. The highest BCUT2D eigenvalue weighted by Gasteiger charge is 1.97. The largest absolute Gasteiger partial charge is 0.370 e. The summed E-state index contributed by atoms with van der Waals surface area (Å²) < 4.78 is 0. The maximum Gasteiger partial charge on any atom is 0.217 e. The molecule has 1 aromatic rings. The molecule has 0 aromatic heterocycles. The fraction of sp³-hybridized carbons (Fsp3) is 0.741. The van der Waals surface area contributed by atoms with Gasteiger partial charge in [0.2, 0.25) is 5.91 Å². The smallest absolute Gasteiger partial charge is 0.217 e. The van der Waals surface area contributed by atoms with Gasteiger partial charge in [-0.25, -0.2) is 0 Å². The number of amides is 1. The van der Waals surface area contributed by atoms with Gasteiger partial charge in [0.25, 0.3) is 0 Å². The number of unbranched alkanes of at least 4 members (excludes halogenated alkanes) is 17. The van der Waals surface area contributed by atoms with Gasteiger partial charge >= 0.3 is 0 Å². The SMILES string of the molecule is NC(=O)CCCCCCCCCCCCCCCCCCCCc1ccccc1. The minimum Gasteiger partial charge on any atom is -0.370 e. The van der Waals surface area contributed by atoms with Crippen LogP contribution in [0.3, 0.4) is 0 Å². The molecule has 2 N–H and O–H groups in total. The fourth-order valence-corrected chi connectivity index (χ4v) is 4.10. The molecule has 0 aliphatic rings. The zero-order valence-electron chi connectivity index (χ0n) is 19.0. The molecule has 1 amide bonds. The summed E-state index contributed by atoms with van der Waals surface area (Å²) >= 11 is 0. The lowest BCUT2D eigenvalue weighted by molar-refractivity contribution is -0.118. The van der Waals surface area contributed by atoms with Gasteiger partial charge in [-0.05, 0) is 24.8 Å². The number of aryl methyl sites for hydroxylation is 1. The van der Waals surface area contributed by atoms with Crippen LogP contribution in [0.15, 0.2) is 30.3 Å². The second-order valence-electron chi connectivity index (χ2n) is 8.82. The summed E-state index contributed by atoms with van der Waals surface area (Å²) in [5.74, 6) is -0.153. The number of carbonyl (C=O) groups excluding carboxylic acids is 1. The monoisotopic (exact) mass is 401 g/mol. The zero-order valence-corrected chi connectivity index (χ0v) is 19.0. The highest BCUT2D eigenvalue weighted by Crippen LogP contribution is 2.15. The van der Waals surface area contributed by atoms with Crippen LogP contribution in [0.1, 0.15) is 128 Å². The predicted octanol–water partition coefficient (Wildman–Crippen LogP) is 8.13. The molecule has 166 valence electrons. The lowest BCUT2D eigenvalue weighted by Gasteiger charge is -2.04. The topological polar surface area (TPSA) is 43.1 Å². The van der Waals surface area contributed by atoms with Gasteiger partial charge in [0, 0.05) is 6.42 Å². The van der Waals surface area contributed by atoms with E-state index < -0.39 is 0 Å². The van der Waals surface area contributed by atoms with Gasteiger partial charge in [-0.3, -0.25) is 4.79 Å². The number of carbonyl (C=O) groups is 1. The lowest BCUT2D eigenvalue weighted by Crippen LogP contribution is -2.09. The van der Waals surface area contributed by atoms with Crippen LogP contribution in [-0.2, 0) is 11.2 Å². The minimum absolute atomic E-state index is 0.153. The van der Waals surface area contributed by atoms with Crippen molar-refractivity contribution in [1.82, 2.24) is 0 Å². The normalized spacial score (nSPS) is 11.0. The average molecular weight is 402 g/mol. The minimum atomic E-state index is -0.153. The van der Waals surface area contributed by atoms with Crippen LogP contribution in [-0.4, -0.2) is 5.91 Å². The Morgan fingerprint density at radius 1 is 0.517 bits per heavy atom. The summed E-state index contributed by atoms with van der Waals surface area (Å²) in [6, 6.07) is 10.9. The van der Waals surface area contributed by atoms with Gasteiger partial charge in [0.05, 0.1) is 0 Å². The number of hydrogen-bond donors (Lipinski definition) is 1. The standard InChI is InChI=1S/C27H47NO/c28-27(29)25-21-16-14-12-10-8-6-4-2-1-3-5-7-9-11-13-15-18-22-26-23-19-17-20-24-26/h17,19-20,23-24H,1-16,18,21-22,25H2,(H2,28,29). The molecule has 29 heavy (non-hydrogen) atoms. The van der Waals surface area contributed by atoms with E-state index in [2.05, 4.69) is 30.3 Å². The van der Waals surface area contributed by atoms with Crippen LogP contribution in [0, 0.1) is 0 Å². The Balaban J connectivity index is 1.67. The molecule has 0 saturated carbocycles. The summed E-state index contributed by atoms with van der Waals surface area (Å²) in [4.78, 5) is 10.6. The van der Waals surface area contributed by atoms with E-state index in [0.717, 1.165) is 12.8 Å². The number of primary amides is 1. The Morgan fingerprint density at radius 2 is 0.862 bits per heavy atom. The van der Waals surface area contributed by atoms with Crippen LogP contribution in [0.25, 0.3) is 0 Å². The summed E-state index contributed by atoms with van der Waals surface area (Å²) in [6.07, 6.45) is 26.3. The van der Waals surface area contributed by atoms with Crippen LogP contribution >= 0.6 is 0 Å². The fourth-order valence-electron chi connectivity index (χ4n) is 4.10. The van der Waals surface area contributed by atoms with Crippen LogP contribution in [0.4, 0.5) is 0 Å². The highest BCUT2D eigenvalue weighted by atomic mass is 16.1. The molecule has 0 saturated heterocycles. The third kappa shape index (κ3) is 18.5. The van der Waals surface area contributed by atoms with E-state index in [1.54, 1.807) is 0 Å². The average Bonchev–Trinajstić information content (AvgIpc) is 2.73. The first kappa shape index (κ1) is 25.7. The van der Waals surface area contributed by atoms with E-state index in [0.29, 0.717) is 6.42 Å². The Morgan fingerprint density at radius 3 is 1.24 bits per heavy atom. The molecule has 0 aliphatic carbocycles. The maximum atomic E-state index is 10.6. The Labute approximate surface area is 181 Å². The van der Waals surface area contributed by atoms with Crippen molar-refractivity contribution in [3.63, 3.8) is 0 Å². The molecule has 0 radical (unpaired) electrons. The molecule has 0 aliphatic heterocycles. The number of benzene rings is 1. The van der Waals surface area contributed by atoms with E-state index >= 15 is 0 Å². The number of nitrogens with two attached hydrogens (primary N) is 1. The van der Waals surface area contributed by atoms with Crippen LogP contribution in [0.2, 0.25) is 0 Å². The molecule has 1 aromatic carbocycles. The van der Waals surface area contributed by atoms with Crippen LogP contribution < -0.4 is 5.73 Å². The first-order chi connectivity index (χ1) is 14.3. The van der Waals surface area contributed by atoms with Gasteiger partial charge in [0.1, 0.15) is 0 Å². The molecule has 0 unspecified atom stereocenters. The molecule has 2 heteroatoms. The van der Waals surface area contributed by atoms with E-state index in [4.69, 9.17) is 5.73 Å². The van der Waals surface area contributed by atoms with E-state index in [9.17, 15) is 4.79 Å². The van der Waals surface area contributed by atoms with Crippen molar-refractivity contribution in [2.75, 3.05) is 0 Å². The summed E-state index contributed by atoms with van der Waals surface area (Å²) in [6.45, 7) is 0. The number of hydrogen-bond acceptors (Lipinski definition) is 1. The van der Waals surface area contributed by atoms with Crippen LogP contribution in [0.5, 0.6) is 0 Å². The molecule has 2 nitrogen and oxygen atoms in total. The quantitative estimate of drug-likeness (QED) is 0.208. The number of rotatable bonds is 21. The first-order valence-corrected chi connectivity index (χ1v) is 12.6. The summed E-state index contributed by atoms with van der Waals surface area (Å²) in [7, 11) is 0. The molecule has 0 spiro atoms. The van der Waals surface area contributed by atoms with Crippen molar-refractivity contribution in [2.45, 2.75) is 128 Å². The molecule has 0 bridgehead atoms. The van der Waals surface area contributed by atoms with Gasteiger partial charge in [-0.15, -0.1) is 0 Å². The molecule has 0 atom stereocenters. The van der Waals surface area contributed by atoms with Crippen molar-refractivity contribution in [3.05, 3.63) is 35.9 Å². The van der Waals surface area contributed by atoms with Gasteiger partial charge in [-0.2, -0.15) is 0 Å². The summed E-state index contributed by atoms with van der Waals surface area (Å²) in [5.41, 5.74) is 6.64. The van der Waals surface area contributed by atoms with E-state index in [-0.39, 0.29) is 5.91 Å². The predicted molar refractivity (Wildman–Crippen MR) is 127 cm³/mol. The van der Waals surface area contributed by atoms with Crippen molar-refractivity contribution >= 4 is 5.91 Å². The van der Waals surface area contributed by atoms with Crippen molar-refractivity contribution in [3.8, 4) is 0 Å². The first-order valence-electron chi connectivity index (χ1n) is 12.6. The molecule has 0 fully saturated rings. The third-order valence-corrected chi connectivity index (χ3v) is 5.98. The molecule has 1 rings (SSSR count). The Bertz CT molecular complexity index is 471. The van der Waals surface area contributed by atoms with Crippen molar-refractivity contribution in [1.29, 1.82) is 0 Å². The second-order valence-corrected chi connectivity index (χ2v) is 8.82.